The molecule has 0 saturated carbocycles. The van der Waals surface area contributed by atoms with Crippen molar-refractivity contribution in [2.24, 2.45) is 5.92 Å². The van der Waals surface area contributed by atoms with Crippen LogP contribution >= 0.6 is 11.6 Å². The quantitative estimate of drug-likeness (QED) is 0.338. The van der Waals surface area contributed by atoms with Crippen molar-refractivity contribution in [3.8, 4) is 5.75 Å². The molecule has 1 unspecified atom stereocenters. The number of carbonyl (C=O) groups is 1. The molecule has 1 atom stereocenters. The average molecular weight is 477 g/mol. The Morgan fingerprint density at radius 2 is 1.88 bits per heavy atom. The molecule has 1 heterocycles. The van der Waals surface area contributed by atoms with Crippen LogP contribution in [0.15, 0.2) is 60.7 Å². The number of hydrogen-bond acceptors (Lipinski definition) is 5. The van der Waals surface area contributed by atoms with Gasteiger partial charge in [-0.25, -0.2) is 0 Å². The number of fused-ring (bicyclic) bond motifs is 1. The number of nitro benzene ring substituents is 1. The van der Waals surface area contributed by atoms with Crippen molar-refractivity contribution in [1.29, 1.82) is 0 Å². The van der Waals surface area contributed by atoms with Crippen molar-refractivity contribution in [3.63, 3.8) is 0 Å². The highest BCUT2D eigenvalue weighted by atomic mass is 35.5. The van der Waals surface area contributed by atoms with E-state index < -0.39 is 28.3 Å². The summed E-state index contributed by atoms with van der Waals surface area (Å²) < 4.78 is 45.6. The first kappa shape index (κ1) is 22.6. The van der Waals surface area contributed by atoms with Crippen molar-refractivity contribution >= 4 is 34.4 Å². The van der Waals surface area contributed by atoms with E-state index >= 15 is 0 Å². The third-order valence-electron chi connectivity index (χ3n) is 5.28. The van der Waals surface area contributed by atoms with Gasteiger partial charge < -0.3 is 10.1 Å². The highest BCUT2D eigenvalue weighted by Crippen LogP contribution is 2.38. The maximum absolute atomic E-state index is 13.3. The van der Waals surface area contributed by atoms with Gasteiger partial charge in [0.1, 0.15) is 11.3 Å². The first-order valence-electron chi connectivity index (χ1n) is 9.80. The molecular formula is C23H16ClF3N2O4. The van der Waals surface area contributed by atoms with E-state index in [2.05, 4.69) is 5.32 Å². The van der Waals surface area contributed by atoms with Gasteiger partial charge in [0.15, 0.2) is 5.78 Å². The lowest BCUT2D eigenvalue weighted by atomic mass is 9.89. The van der Waals surface area contributed by atoms with Gasteiger partial charge in [-0.1, -0.05) is 29.8 Å². The van der Waals surface area contributed by atoms with Crippen LogP contribution in [0.25, 0.3) is 0 Å². The molecule has 6 nitrogen and oxygen atoms in total. The Bertz CT molecular complexity index is 1250. The number of alkyl halides is 3. The number of ether oxygens (including phenoxy) is 1. The molecule has 4 rings (SSSR count). The zero-order valence-corrected chi connectivity index (χ0v) is 17.6. The predicted octanol–water partition coefficient (Wildman–Crippen LogP) is 6.44. The highest BCUT2D eigenvalue weighted by Gasteiger charge is 2.38. The number of carbonyl (C=O) groups excluding carboxylic acids is 1. The normalized spacial score (nSPS) is 15.5. The number of ketones is 1. The molecule has 0 amide bonds. The molecule has 33 heavy (non-hydrogen) atoms. The third-order valence-corrected chi connectivity index (χ3v) is 5.51. The summed E-state index contributed by atoms with van der Waals surface area (Å²) >= 11 is 6.00. The van der Waals surface area contributed by atoms with E-state index in [1.807, 2.05) is 0 Å². The zero-order chi connectivity index (χ0) is 23.8. The Morgan fingerprint density at radius 3 is 2.61 bits per heavy atom. The lowest BCUT2D eigenvalue weighted by molar-refractivity contribution is -0.388. The number of hydrogen-bond donors (Lipinski definition) is 1. The number of anilines is 2. The fraction of sp³-hybridized carbons (Fsp3) is 0.174. The number of halogens is 4. The molecule has 0 bridgehead atoms. The maximum atomic E-state index is 13.3. The van der Waals surface area contributed by atoms with Crippen molar-refractivity contribution in [1.82, 2.24) is 0 Å². The van der Waals surface area contributed by atoms with Crippen LogP contribution in [0, 0.1) is 16.0 Å². The molecule has 10 heteroatoms. The van der Waals surface area contributed by atoms with E-state index in [1.165, 1.54) is 6.07 Å². The largest absolute Gasteiger partial charge is 0.492 e. The molecule has 0 aliphatic carbocycles. The lowest BCUT2D eigenvalue weighted by Gasteiger charge is -2.25. The fourth-order valence-corrected chi connectivity index (χ4v) is 3.87. The van der Waals surface area contributed by atoms with Crippen molar-refractivity contribution in [2.45, 2.75) is 12.6 Å². The Balaban J connectivity index is 1.60. The van der Waals surface area contributed by atoms with Crippen LogP contribution in [0.1, 0.15) is 21.5 Å². The monoisotopic (exact) mass is 476 g/mol. The topological polar surface area (TPSA) is 81.5 Å². The SMILES string of the molecule is O=C1c2cc(Cl)ccc2OCC1Cc1ccccc1Nc1ccc([N+](=O)[O-])c(C(F)(F)F)c1. The van der Waals surface area contributed by atoms with E-state index in [4.69, 9.17) is 16.3 Å². The van der Waals surface area contributed by atoms with Crippen LogP contribution in [-0.2, 0) is 12.6 Å². The second kappa shape index (κ2) is 8.74. The lowest BCUT2D eigenvalue weighted by Crippen LogP contribution is -2.29. The molecule has 1 N–H and O–H groups in total. The Hall–Kier alpha value is -3.59. The Labute approximate surface area is 191 Å². The van der Waals surface area contributed by atoms with Gasteiger partial charge in [0, 0.05) is 22.5 Å². The van der Waals surface area contributed by atoms with Gasteiger partial charge in [0.05, 0.1) is 23.0 Å². The summed E-state index contributed by atoms with van der Waals surface area (Å²) in [6, 6.07) is 14.4. The summed E-state index contributed by atoms with van der Waals surface area (Å²) in [6.07, 6.45) is -4.62. The summed E-state index contributed by atoms with van der Waals surface area (Å²) in [5.41, 5.74) is -0.804. The average Bonchev–Trinajstić information content (AvgIpc) is 2.76. The minimum atomic E-state index is -4.89. The minimum Gasteiger partial charge on any atom is -0.492 e. The van der Waals surface area contributed by atoms with Gasteiger partial charge in [-0.15, -0.1) is 0 Å². The Kier molecular flexibility index (Phi) is 5.99. The minimum absolute atomic E-state index is 0.0312. The van der Waals surface area contributed by atoms with Crippen LogP contribution in [0.4, 0.5) is 30.2 Å². The van der Waals surface area contributed by atoms with Crippen molar-refractivity contribution in [2.75, 3.05) is 11.9 Å². The molecule has 1 aliphatic heterocycles. The van der Waals surface area contributed by atoms with Crippen LogP contribution in [0.2, 0.25) is 5.02 Å². The second-order valence-corrected chi connectivity index (χ2v) is 7.92. The van der Waals surface area contributed by atoms with Gasteiger partial charge >= 0.3 is 6.18 Å². The van der Waals surface area contributed by atoms with Gasteiger partial charge in [-0.2, -0.15) is 13.2 Å². The number of para-hydroxylation sites is 1. The zero-order valence-electron chi connectivity index (χ0n) is 16.9. The predicted molar refractivity (Wildman–Crippen MR) is 116 cm³/mol. The summed E-state index contributed by atoms with van der Waals surface area (Å²) in [7, 11) is 0. The van der Waals surface area contributed by atoms with Crippen molar-refractivity contribution < 1.29 is 27.6 Å². The molecule has 1 aliphatic rings. The van der Waals surface area contributed by atoms with Crippen LogP contribution in [0.3, 0.4) is 0 Å². The molecule has 0 saturated heterocycles. The smallest absolute Gasteiger partial charge is 0.423 e. The van der Waals surface area contributed by atoms with Gasteiger partial charge in [0.2, 0.25) is 0 Å². The number of rotatable bonds is 5. The Morgan fingerprint density at radius 1 is 1.12 bits per heavy atom. The van der Waals surface area contributed by atoms with Crippen molar-refractivity contribution in [3.05, 3.63) is 92.5 Å². The van der Waals surface area contributed by atoms with Gasteiger partial charge in [0.25, 0.3) is 5.69 Å². The molecule has 0 spiro atoms. The molecule has 170 valence electrons. The molecule has 0 fully saturated rings. The fourth-order valence-electron chi connectivity index (χ4n) is 3.70. The van der Waals surface area contributed by atoms with Crippen LogP contribution in [-0.4, -0.2) is 17.3 Å². The second-order valence-electron chi connectivity index (χ2n) is 7.49. The maximum Gasteiger partial charge on any atom is 0.423 e. The summed E-state index contributed by atoms with van der Waals surface area (Å²) in [4.78, 5) is 22.9. The first-order chi connectivity index (χ1) is 15.6. The highest BCUT2D eigenvalue weighted by molar-refractivity contribution is 6.31. The summed E-state index contributed by atoms with van der Waals surface area (Å²) in [5, 5.41) is 14.3. The van der Waals surface area contributed by atoms with E-state index in [1.54, 1.807) is 42.5 Å². The van der Waals surface area contributed by atoms with E-state index in [0.717, 1.165) is 6.07 Å². The summed E-state index contributed by atoms with van der Waals surface area (Å²) in [6.45, 7) is 0.150. The standard InChI is InChI=1S/C23H16ClF3N2O4/c24-15-5-8-21-17(10-15)22(30)14(12-33-21)9-13-3-1-2-4-19(13)28-16-6-7-20(29(31)32)18(11-16)23(25,26)27/h1-8,10-11,14,28H,9,12H2. The third kappa shape index (κ3) is 4.78. The number of nitrogens with zero attached hydrogens (tertiary/aromatic N) is 1. The molecule has 3 aromatic rings. The molecule has 3 aromatic carbocycles. The van der Waals surface area contributed by atoms with Crippen LogP contribution in [0.5, 0.6) is 5.75 Å². The molecular weight excluding hydrogens is 461 g/mol. The number of nitro groups is 1. The van der Waals surface area contributed by atoms with Gasteiger partial charge in [-0.05, 0) is 48.4 Å². The number of benzene rings is 3. The van der Waals surface area contributed by atoms with E-state index in [0.29, 0.717) is 33.7 Å². The first-order valence-corrected chi connectivity index (χ1v) is 10.2. The van der Waals surface area contributed by atoms with E-state index in [-0.39, 0.29) is 24.5 Å². The van der Waals surface area contributed by atoms with Crippen LogP contribution < -0.4 is 10.1 Å². The number of nitrogens with one attached hydrogen (secondary N) is 1. The van der Waals surface area contributed by atoms with E-state index in [9.17, 15) is 28.1 Å². The molecule has 0 aromatic heterocycles. The van der Waals surface area contributed by atoms with Gasteiger partial charge in [-0.3, -0.25) is 14.9 Å². The molecule has 0 radical (unpaired) electrons. The summed E-state index contributed by atoms with van der Waals surface area (Å²) in [5.74, 6) is -0.192. The number of Topliss-reactive ketones (excluding diaryl/α,β-unsaturated/α-hetero) is 1.